The molecule has 1 aliphatic rings. The Balaban J connectivity index is 2.55. The SMILES string of the molecule is CCC1=C(O)NC(=O)N(n2c(=O)[nH]cc(CC)c2=O)C1. The molecule has 8 heteroatoms. The van der Waals surface area contributed by atoms with Crippen molar-refractivity contribution in [1.82, 2.24) is 15.0 Å². The third kappa shape index (κ3) is 2.20. The first-order chi connectivity index (χ1) is 9.49. The van der Waals surface area contributed by atoms with E-state index in [1.807, 2.05) is 0 Å². The molecule has 0 saturated heterocycles. The number of aliphatic hydroxyl groups excluding tert-OH is 1. The van der Waals surface area contributed by atoms with Crippen molar-refractivity contribution in [2.45, 2.75) is 26.7 Å². The maximum atomic E-state index is 12.2. The van der Waals surface area contributed by atoms with Crippen LogP contribution in [0.15, 0.2) is 27.2 Å². The fraction of sp³-hybridized carbons (Fsp3) is 0.417. The predicted molar refractivity (Wildman–Crippen MR) is 72.3 cm³/mol. The Kier molecular flexibility index (Phi) is 3.64. The molecule has 2 amide bonds. The molecule has 0 spiro atoms. The molecule has 2 heterocycles. The number of aromatic nitrogens is 2. The summed E-state index contributed by atoms with van der Waals surface area (Å²) in [6.07, 6.45) is 2.27. The number of hydrogen-bond acceptors (Lipinski definition) is 4. The summed E-state index contributed by atoms with van der Waals surface area (Å²) in [5.74, 6) is -0.218. The molecular formula is C12H16N4O4. The molecule has 0 radical (unpaired) electrons. The summed E-state index contributed by atoms with van der Waals surface area (Å²) < 4.78 is 0.760. The number of urea groups is 1. The Hall–Kier alpha value is -2.51. The van der Waals surface area contributed by atoms with Crippen LogP contribution in [0.3, 0.4) is 0 Å². The van der Waals surface area contributed by atoms with E-state index in [0.717, 1.165) is 9.69 Å². The molecule has 1 aromatic heterocycles. The molecular weight excluding hydrogens is 264 g/mol. The van der Waals surface area contributed by atoms with Crippen LogP contribution in [0.5, 0.6) is 0 Å². The number of rotatable bonds is 3. The summed E-state index contributed by atoms with van der Waals surface area (Å²) in [4.78, 5) is 38.3. The van der Waals surface area contributed by atoms with Gasteiger partial charge in [-0.1, -0.05) is 13.8 Å². The summed E-state index contributed by atoms with van der Waals surface area (Å²) >= 11 is 0. The molecule has 0 saturated carbocycles. The van der Waals surface area contributed by atoms with Gasteiger partial charge in [0, 0.05) is 17.3 Å². The predicted octanol–water partition coefficient (Wildman–Crippen LogP) is -0.0602. The molecule has 108 valence electrons. The molecule has 0 aromatic carbocycles. The fourth-order valence-electron chi connectivity index (χ4n) is 2.00. The smallest absolute Gasteiger partial charge is 0.347 e. The first-order valence-corrected chi connectivity index (χ1v) is 6.33. The average molecular weight is 280 g/mol. The molecule has 0 fully saturated rings. The van der Waals surface area contributed by atoms with Gasteiger partial charge in [0.15, 0.2) is 5.88 Å². The van der Waals surface area contributed by atoms with Crippen LogP contribution in [0, 0.1) is 0 Å². The van der Waals surface area contributed by atoms with Gasteiger partial charge in [0.05, 0.1) is 6.54 Å². The Labute approximate surface area is 114 Å². The zero-order chi connectivity index (χ0) is 14.9. The first-order valence-electron chi connectivity index (χ1n) is 6.33. The van der Waals surface area contributed by atoms with Crippen molar-refractivity contribution >= 4 is 6.03 Å². The summed E-state index contributed by atoms with van der Waals surface area (Å²) in [6, 6.07) is -0.722. The van der Waals surface area contributed by atoms with Crippen LogP contribution in [-0.2, 0) is 6.42 Å². The van der Waals surface area contributed by atoms with Gasteiger partial charge in [-0.2, -0.15) is 4.68 Å². The van der Waals surface area contributed by atoms with Crippen molar-refractivity contribution in [2.75, 3.05) is 11.6 Å². The molecule has 0 atom stereocenters. The number of aliphatic hydroxyl groups is 1. The zero-order valence-electron chi connectivity index (χ0n) is 11.3. The molecule has 3 N–H and O–H groups in total. The lowest BCUT2D eigenvalue weighted by molar-refractivity contribution is 0.231. The lowest BCUT2D eigenvalue weighted by Crippen LogP contribution is -2.59. The van der Waals surface area contributed by atoms with Gasteiger partial charge in [-0.3, -0.25) is 10.1 Å². The maximum Gasteiger partial charge on any atom is 0.347 e. The van der Waals surface area contributed by atoms with E-state index in [0.29, 0.717) is 24.0 Å². The standard InChI is InChI=1S/C12H16N4O4/c1-3-7-5-13-11(19)16(10(7)18)15-6-8(4-2)9(17)14-12(15)20/h5,17H,3-4,6H2,1-2H3,(H,13,19)(H,14,20). The van der Waals surface area contributed by atoms with Crippen molar-refractivity contribution in [1.29, 1.82) is 0 Å². The van der Waals surface area contributed by atoms with Crippen LogP contribution in [0.25, 0.3) is 0 Å². The van der Waals surface area contributed by atoms with Gasteiger partial charge >= 0.3 is 11.7 Å². The van der Waals surface area contributed by atoms with Crippen molar-refractivity contribution in [3.63, 3.8) is 0 Å². The third-order valence-corrected chi connectivity index (χ3v) is 3.21. The Bertz CT molecular complexity index is 685. The molecule has 20 heavy (non-hydrogen) atoms. The minimum absolute atomic E-state index is 0.00960. The molecule has 8 nitrogen and oxygen atoms in total. The molecule has 1 aliphatic heterocycles. The van der Waals surface area contributed by atoms with Crippen LogP contribution >= 0.6 is 0 Å². The first kappa shape index (κ1) is 13.9. The highest BCUT2D eigenvalue weighted by Gasteiger charge is 2.27. The number of carbonyl (C=O) groups is 1. The quantitative estimate of drug-likeness (QED) is 0.720. The van der Waals surface area contributed by atoms with Gasteiger partial charge in [0.2, 0.25) is 0 Å². The van der Waals surface area contributed by atoms with E-state index in [9.17, 15) is 19.5 Å². The minimum Gasteiger partial charge on any atom is -0.494 e. The number of aryl methyl sites for hydroxylation is 1. The molecule has 0 bridgehead atoms. The molecule has 1 aromatic rings. The summed E-state index contributed by atoms with van der Waals surface area (Å²) in [5.41, 5.74) is -0.297. The Morgan fingerprint density at radius 1 is 1.25 bits per heavy atom. The summed E-state index contributed by atoms with van der Waals surface area (Å²) in [5, 5.41) is 12.8. The van der Waals surface area contributed by atoms with E-state index in [1.54, 1.807) is 13.8 Å². The second-order valence-corrected chi connectivity index (χ2v) is 4.38. The van der Waals surface area contributed by atoms with E-state index < -0.39 is 17.3 Å². The number of hydrogen-bond donors (Lipinski definition) is 3. The van der Waals surface area contributed by atoms with Gasteiger partial charge in [0.25, 0.3) is 5.56 Å². The normalized spacial score (nSPS) is 15.5. The van der Waals surface area contributed by atoms with Crippen LogP contribution < -0.4 is 21.6 Å². The number of nitrogens with one attached hydrogen (secondary N) is 2. The van der Waals surface area contributed by atoms with Crippen molar-refractivity contribution in [3.8, 4) is 0 Å². The van der Waals surface area contributed by atoms with Crippen molar-refractivity contribution in [3.05, 3.63) is 44.1 Å². The Morgan fingerprint density at radius 2 is 1.95 bits per heavy atom. The monoisotopic (exact) mass is 280 g/mol. The second-order valence-electron chi connectivity index (χ2n) is 4.38. The van der Waals surface area contributed by atoms with Gasteiger partial charge in [-0.25, -0.2) is 14.6 Å². The van der Waals surface area contributed by atoms with Gasteiger partial charge in [-0.15, -0.1) is 0 Å². The van der Waals surface area contributed by atoms with E-state index >= 15 is 0 Å². The van der Waals surface area contributed by atoms with Crippen LogP contribution in [0.4, 0.5) is 4.79 Å². The highest BCUT2D eigenvalue weighted by molar-refractivity contribution is 5.87. The van der Waals surface area contributed by atoms with Crippen LogP contribution in [0.2, 0.25) is 0 Å². The Morgan fingerprint density at radius 3 is 2.55 bits per heavy atom. The third-order valence-electron chi connectivity index (χ3n) is 3.21. The highest BCUT2D eigenvalue weighted by atomic mass is 16.3. The van der Waals surface area contributed by atoms with Crippen molar-refractivity contribution in [2.24, 2.45) is 0 Å². The zero-order valence-corrected chi connectivity index (χ0v) is 11.3. The molecule has 0 aliphatic carbocycles. The largest absolute Gasteiger partial charge is 0.494 e. The number of H-pyrrole nitrogens is 1. The van der Waals surface area contributed by atoms with E-state index in [1.165, 1.54) is 6.20 Å². The van der Waals surface area contributed by atoms with E-state index in [4.69, 9.17) is 0 Å². The number of nitrogens with zero attached hydrogens (tertiary/aromatic N) is 2. The number of aromatic amines is 1. The number of amides is 2. The van der Waals surface area contributed by atoms with E-state index in [2.05, 4.69) is 10.3 Å². The van der Waals surface area contributed by atoms with Gasteiger partial charge in [0.1, 0.15) is 0 Å². The summed E-state index contributed by atoms with van der Waals surface area (Å²) in [7, 11) is 0. The topological polar surface area (TPSA) is 107 Å². The fourth-order valence-corrected chi connectivity index (χ4v) is 2.00. The highest BCUT2D eigenvalue weighted by Crippen LogP contribution is 2.11. The average Bonchev–Trinajstić information content (AvgIpc) is 2.41. The van der Waals surface area contributed by atoms with Crippen LogP contribution in [0.1, 0.15) is 25.8 Å². The lowest BCUT2D eigenvalue weighted by atomic mass is 10.2. The molecule has 0 unspecified atom stereocenters. The maximum absolute atomic E-state index is 12.2. The summed E-state index contributed by atoms with van der Waals surface area (Å²) in [6.45, 7) is 3.57. The van der Waals surface area contributed by atoms with Crippen molar-refractivity contribution < 1.29 is 9.90 Å². The second kappa shape index (κ2) is 5.24. The van der Waals surface area contributed by atoms with Gasteiger partial charge in [-0.05, 0) is 12.8 Å². The molecule has 2 rings (SSSR count). The van der Waals surface area contributed by atoms with Crippen LogP contribution in [-0.4, -0.2) is 27.3 Å². The number of carbonyl (C=O) groups excluding carboxylic acids is 1. The lowest BCUT2D eigenvalue weighted by Gasteiger charge is -2.29. The van der Waals surface area contributed by atoms with E-state index in [-0.39, 0.29) is 12.4 Å². The van der Waals surface area contributed by atoms with Gasteiger partial charge < -0.3 is 10.1 Å². The minimum atomic E-state index is -0.722.